The van der Waals surface area contributed by atoms with E-state index in [9.17, 15) is 12.8 Å². The highest BCUT2D eigenvalue weighted by Crippen LogP contribution is 2.28. The lowest BCUT2D eigenvalue weighted by Crippen LogP contribution is -2.51. The van der Waals surface area contributed by atoms with Gasteiger partial charge in [-0.05, 0) is 24.8 Å². The van der Waals surface area contributed by atoms with Crippen molar-refractivity contribution in [1.82, 2.24) is 9.29 Å². The van der Waals surface area contributed by atoms with Crippen LogP contribution in [-0.4, -0.2) is 36.8 Å². The van der Waals surface area contributed by atoms with Gasteiger partial charge in [0.05, 0.1) is 6.20 Å². The molecule has 1 fully saturated rings. The highest BCUT2D eigenvalue weighted by atomic mass is 32.2. The van der Waals surface area contributed by atoms with Gasteiger partial charge in [-0.25, -0.2) is 12.8 Å². The molecule has 0 radical (unpaired) electrons. The van der Waals surface area contributed by atoms with Crippen molar-refractivity contribution < 1.29 is 12.8 Å². The van der Waals surface area contributed by atoms with Crippen LogP contribution in [0.5, 0.6) is 0 Å². The molecule has 2 unspecified atom stereocenters. The second kappa shape index (κ2) is 5.52. The van der Waals surface area contributed by atoms with Gasteiger partial charge in [-0.2, -0.15) is 4.31 Å². The van der Waals surface area contributed by atoms with Gasteiger partial charge < -0.3 is 5.73 Å². The quantitative estimate of drug-likeness (QED) is 0.898. The third kappa shape index (κ3) is 2.77. The van der Waals surface area contributed by atoms with Crippen LogP contribution in [0.2, 0.25) is 0 Å². The summed E-state index contributed by atoms with van der Waals surface area (Å²) in [6.07, 6.45) is 3.90. The highest BCUT2D eigenvalue weighted by Gasteiger charge is 2.36. The van der Waals surface area contributed by atoms with Gasteiger partial charge in [-0.3, -0.25) is 4.98 Å². The highest BCUT2D eigenvalue weighted by molar-refractivity contribution is 7.89. The molecule has 0 aliphatic carbocycles. The molecule has 2 atom stereocenters. The SMILES string of the molecule is CC1CCCN(S(=O)(=O)c2cncc(F)c2)C1CN. The van der Waals surface area contributed by atoms with Crippen molar-refractivity contribution >= 4 is 10.0 Å². The number of nitrogens with zero attached hydrogens (tertiary/aromatic N) is 2. The van der Waals surface area contributed by atoms with E-state index in [1.165, 1.54) is 10.5 Å². The van der Waals surface area contributed by atoms with Gasteiger partial charge in [-0.1, -0.05) is 6.92 Å². The van der Waals surface area contributed by atoms with E-state index in [0.717, 1.165) is 25.1 Å². The number of nitrogens with two attached hydrogens (primary N) is 1. The van der Waals surface area contributed by atoms with Gasteiger partial charge >= 0.3 is 0 Å². The van der Waals surface area contributed by atoms with E-state index >= 15 is 0 Å². The zero-order valence-corrected chi connectivity index (χ0v) is 11.6. The van der Waals surface area contributed by atoms with Crippen molar-refractivity contribution in [2.75, 3.05) is 13.1 Å². The van der Waals surface area contributed by atoms with Crippen molar-refractivity contribution in [1.29, 1.82) is 0 Å². The molecule has 0 spiro atoms. The summed E-state index contributed by atoms with van der Waals surface area (Å²) in [5, 5.41) is 0. The topological polar surface area (TPSA) is 76.3 Å². The lowest BCUT2D eigenvalue weighted by atomic mass is 9.93. The van der Waals surface area contributed by atoms with Crippen molar-refractivity contribution in [3.63, 3.8) is 0 Å². The molecule has 0 saturated carbocycles. The molecule has 2 rings (SSSR count). The molecule has 1 aliphatic heterocycles. The zero-order chi connectivity index (χ0) is 14.0. The summed E-state index contributed by atoms with van der Waals surface area (Å²) in [6, 6.07) is 0.761. The first-order valence-corrected chi connectivity index (χ1v) is 7.73. The Bertz CT molecular complexity index is 550. The Hall–Kier alpha value is -1.05. The molecular weight excluding hydrogens is 269 g/mol. The number of rotatable bonds is 3. The number of piperidine rings is 1. The molecule has 1 aromatic rings. The standard InChI is InChI=1S/C12H18FN3O2S/c1-9-3-2-4-16(12(9)6-14)19(17,18)11-5-10(13)7-15-8-11/h5,7-9,12H,2-4,6,14H2,1H3. The smallest absolute Gasteiger partial charge is 0.245 e. The van der Waals surface area contributed by atoms with Gasteiger partial charge in [0.15, 0.2) is 0 Å². The third-order valence-electron chi connectivity index (χ3n) is 3.59. The minimum absolute atomic E-state index is 0.111. The number of pyridine rings is 1. The second-order valence-electron chi connectivity index (χ2n) is 4.88. The number of hydrogen-bond donors (Lipinski definition) is 1. The summed E-state index contributed by atoms with van der Waals surface area (Å²) in [5.74, 6) is -0.453. The first-order chi connectivity index (χ1) is 8.96. The lowest BCUT2D eigenvalue weighted by Gasteiger charge is -2.38. The van der Waals surface area contributed by atoms with E-state index in [4.69, 9.17) is 5.73 Å². The zero-order valence-electron chi connectivity index (χ0n) is 10.8. The number of hydrogen-bond acceptors (Lipinski definition) is 4. The van der Waals surface area contributed by atoms with Crippen LogP contribution in [0.25, 0.3) is 0 Å². The average Bonchev–Trinajstić information content (AvgIpc) is 2.38. The summed E-state index contributed by atoms with van der Waals surface area (Å²) < 4.78 is 39.6. The molecule has 106 valence electrons. The molecule has 0 aromatic carbocycles. The molecule has 0 bridgehead atoms. The van der Waals surface area contributed by atoms with E-state index < -0.39 is 15.8 Å². The molecular formula is C12H18FN3O2S. The predicted octanol–water partition coefficient (Wildman–Crippen LogP) is 0.969. The Morgan fingerprint density at radius 3 is 2.89 bits per heavy atom. The maximum atomic E-state index is 13.2. The fraction of sp³-hybridized carbons (Fsp3) is 0.583. The van der Waals surface area contributed by atoms with Crippen LogP contribution in [0, 0.1) is 11.7 Å². The summed E-state index contributed by atoms with van der Waals surface area (Å²) in [5.41, 5.74) is 5.69. The van der Waals surface area contributed by atoms with E-state index in [2.05, 4.69) is 4.98 Å². The molecule has 19 heavy (non-hydrogen) atoms. The summed E-state index contributed by atoms with van der Waals surface area (Å²) >= 11 is 0. The van der Waals surface area contributed by atoms with Crippen LogP contribution in [0.3, 0.4) is 0 Å². The first kappa shape index (κ1) is 14.4. The molecule has 1 aliphatic rings. The first-order valence-electron chi connectivity index (χ1n) is 6.29. The molecule has 5 nitrogen and oxygen atoms in total. The maximum Gasteiger partial charge on any atom is 0.245 e. The summed E-state index contributed by atoms with van der Waals surface area (Å²) in [6.45, 7) is 2.68. The average molecular weight is 287 g/mol. The van der Waals surface area contributed by atoms with Crippen LogP contribution >= 0.6 is 0 Å². The molecule has 2 heterocycles. The van der Waals surface area contributed by atoms with Crippen molar-refractivity contribution in [2.45, 2.75) is 30.7 Å². The van der Waals surface area contributed by atoms with Crippen LogP contribution in [-0.2, 0) is 10.0 Å². The summed E-state index contributed by atoms with van der Waals surface area (Å²) in [4.78, 5) is 3.49. The monoisotopic (exact) mass is 287 g/mol. The minimum atomic E-state index is -3.73. The second-order valence-corrected chi connectivity index (χ2v) is 6.77. The van der Waals surface area contributed by atoms with E-state index in [1.807, 2.05) is 6.92 Å². The Kier molecular flexibility index (Phi) is 4.17. The van der Waals surface area contributed by atoms with E-state index in [0.29, 0.717) is 6.54 Å². The number of halogens is 1. The Balaban J connectivity index is 2.38. The van der Waals surface area contributed by atoms with E-state index in [-0.39, 0.29) is 23.4 Å². The van der Waals surface area contributed by atoms with Gasteiger partial charge in [0.2, 0.25) is 10.0 Å². The van der Waals surface area contributed by atoms with Crippen LogP contribution in [0.4, 0.5) is 4.39 Å². The normalized spacial score (nSPS) is 25.4. The van der Waals surface area contributed by atoms with Crippen molar-refractivity contribution in [3.8, 4) is 0 Å². The van der Waals surface area contributed by atoms with Crippen molar-refractivity contribution in [3.05, 3.63) is 24.3 Å². The Labute approximate surface area is 112 Å². The van der Waals surface area contributed by atoms with Gasteiger partial charge in [-0.15, -0.1) is 0 Å². The maximum absolute atomic E-state index is 13.2. The molecule has 2 N–H and O–H groups in total. The summed E-state index contributed by atoms with van der Waals surface area (Å²) in [7, 11) is -3.73. The number of aromatic nitrogens is 1. The van der Waals surface area contributed by atoms with Crippen LogP contribution < -0.4 is 5.73 Å². The molecule has 0 amide bonds. The molecule has 1 saturated heterocycles. The minimum Gasteiger partial charge on any atom is -0.329 e. The largest absolute Gasteiger partial charge is 0.329 e. The fourth-order valence-electron chi connectivity index (χ4n) is 2.53. The fourth-order valence-corrected chi connectivity index (χ4v) is 4.27. The van der Waals surface area contributed by atoms with Gasteiger partial charge in [0.1, 0.15) is 10.7 Å². The van der Waals surface area contributed by atoms with Gasteiger partial charge in [0, 0.05) is 25.3 Å². The molecule has 7 heteroatoms. The van der Waals surface area contributed by atoms with Crippen LogP contribution in [0.1, 0.15) is 19.8 Å². The Morgan fingerprint density at radius 2 is 2.26 bits per heavy atom. The number of sulfonamides is 1. The van der Waals surface area contributed by atoms with Crippen LogP contribution in [0.15, 0.2) is 23.4 Å². The third-order valence-corrected chi connectivity index (χ3v) is 5.48. The predicted molar refractivity (Wildman–Crippen MR) is 69.3 cm³/mol. The van der Waals surface area contributed by atoms with Gasteiger partial charge in [0.25, 0.3) is 0 Å². The van der Waals surface area contributed by atoms with E-state index in [1.54, 1.807) is 0 Å². The molecule has 1 aromatic heterocycles. The lowest BCUT2D eigenvalue weighted by molar-refractivity contribution is 0.192. The Morgan fingerprint density at radius 1 is 1.53 bits per heavy atom. The van der Waals surface area contributed by atoms with Crippen molar-refractivity contribution in [2.24, 2.45) is 11.7 Å².